The molecule has 3 heterocycles. The predicted octanol–water partition coefficient (Wildman–Crippen LogP) is 0.827. The first-order valence-electron chi connectivity index (χ1n) is 8.57. The highest BCUT2D eigenvalue weighted by atomic mass is 32.1. The van der Waals surface area contributed by atoms with Crippen molar-refractivity contribution in [3.63, 3.8) is 0 Å². The van der Waals surface area contributed by atoms with Crippen LogP contribution < -0.4 is 16.6 Å². The molecular formula is C16H21N7O3S. The van der Waals surface area contributed by atoms with E-state index in [1.807, 2.05) is 0 Å². The Balaban J connectivity index is 1.81. The number of imidazole rings is 1. The standard InChI is InChI=1S/C16H21N7O3S/c1-5-6-9(2)13-19-20-15(27-13)18-10(24)7-23-8-17-12-11(23)14(25)22(4)16(26)21(12)3/h8-9H,5-7H2,1-4H3,(H,18,20,24). The van der Waals surface area contributed by atoms with Gasteiger partial charge in [0.15, 0.2) is 11.2 Å². The van der Waals surface area contributed by atoms with Gasteiger partial charge in [0, 0.05) is 20.0 Å². The van der Waals surface area contributed by atoms with Crippen LogP contribution in [-0.4, -0.2) is 34.8 Å². The Labute approximate surface area is 158 Å². The fourth-order valence-electron chi connectivity index (χ4n) is 2.87. The number of anilines is 1. The highest BCUT2D eigenvalue weighted by Gasteiger charge is 2.17. The second-order valence-electron chi connectivity index (χ2n) is 6.43. The molecule has 1 atom stereocenters. The summed E-state index contributed by atoms with van der Waals surface area (Å²) in [6.45, 7) is 4.06. The van der Waals surface area contributed by atoms with Gasteiger partial charge in [-0.15, -0.1) is 10.2 Å². The topological polar surface area (TPSA) is 117 Å². The van der Waals surface area contributed by atoms with Crippen LogP contribution in [0.15, 0.2) is 15.9 Å². The molecule has 0 fully saturated rings. The first-order valence-corrected chi connectivity index (χ1v) is 9.39. The quantitative estimate of drug-likeness (QED) is 0.665. The number of aryl methyl sites for hydroxylation is 1. The fourth-order valence-corrected chi connectivity index (χ4v) is 3.72. The molecule has 0 radical (unpaired) electrons. The third-order valence-electron chi connectivity index (χ3n) is 4.36. The second kappa shape index (κ2) is 7.43. The lowest BCUT2D eigenvalue weighted by Crippen LogP contribution is -2.37. The van der Waals surface area contributed by atoms with Crippen LogP contribution >= 0.6 is 11.3 Å². The zero-order valence-electron chi connectivity index (χ0n) is 15.6. The number of nitrogens with zero attached hydrogens (tertiary/aromatic N) is 6. The molecule has 3 aromatic rings. The number of carbonyl (C=O) groups excluding carboxylic acids is 1. The van der Waals surface area contributed by atoms with Crippen molar-refractivity contribution >= 4 is 33.5 Å². The Bertz CT molecular complexity index is 1110. The van der Waals surface area contributed by atoms with Crippen molar-refractivity contribution in [2.75, 3.05) is 5.32 Å². The summed E-state index contributed by atoms with van der Waals surface area (Å²) in [5, 5.41) is 12.1. The van der Waals surface area contributed by atoms with Gasteiger partial charge in [-0.2, -0.15) is 0 Å². The van der Waals surface area contributed by atoms with Crippen LogP contribution in [0.2, 0.25) is 0 Å². The van der Waals surface area contributed by atoms with Gasteiger partial charge in [0.1, 0.15) is 11.6 Å². The van der Waals surface area contributed by atoms with Crippen LogP contribution in [0, 0.1) is 0 Å². The summed E-state index contributed by atoms with van der Waals surface area (Å²) in [4.78, 5) is 40.8. The lowest BCUT2D eigenvalue weighted by Gasteiger charge is -2.06. The van der Waals surface area contributed by atoms with E-state index in [9.17, 15) is 14.4 Å². The molecule has 11 heteroatoms. The molecule has 0 spiro atoms. The summed E-state index contributed by atoms with van der Waals surface area (Å²) in [7, 11) is 2.92. The zero-order chi connectivity index (χ0) is 19.7. The van der Waals surface area contributed by atoms with E-state index in [0.717, 1.165) is 22.4 Å². The summed E-state index contributed by atoms with van der Waals surface area (Å²) >= 11 is 1.35. The largest absolute Gasteiger partial charge is 0.332 e. The predicted molar refractivity (Wildman–Crippen MR) is 102 cm³/mol. The number of hydrogen-bond donors (Lipinski definition) is 1. The van der Waals surface area contributed by atoms with Crippen molar-refractivity contribution in [2.24, 2.45) is 14.1 Å². The molecule has 3 aromatic heterocycles. The van der Waals surface area contributed by atoms with Gasteiger partial charge in [-0.25, -0.2) is 9.78 Å². The van der Waals surface area contributed by atoms with Crippen molar-refractivity contribution < 1.29 is 4.79 Å². The fraction of sp³-hybridized carbons (Fsp3) is 0.500. The van der Waals surface area contributed by atoms with Crippen LogP contribution in [0.3, 0.4) is 0 Å². The average Bonchev–Trinajstić information content (AvgIpc) is 3.25. The van der Waals surface area contributed by atoms with E-state index in [1.54, 1.807) is 0 Å². The SMILES string of the molecule is CCCC(C)c1nnc(NC(=O)Cn2cnc3c2c(=O)n(C)c(=O)n3C)s1. The van der Waals surface area contributed by atoms with Gasteiger partial charge in [0.25, 0.3) is 5.56 Å². The summed E-state index contributed by atoms with van der Waals surface area (Å²) in [5.41, 5.74) is -0.526. The van der Waals surface area contributed by atoms with Gasteiger partial charge >= 0.3 is 5.69 Å². The van der Waals surface area contributed by atoms with E-state index in [2.05, 4.69) is 34.3 Å². The molecule has 1 amide bonds. The van der Waals surface area contributed by atoms with E-state index < -0.39 is 11.2 Å². The summed E-state index contributed by atoms with van der Waals surface area (Å²) in [5.74, 6) is -0.0592. The maximum Gasteiger partial charge on any atom is 0.332 e. The highest BCUT2D eigenvalue weighted by Crippen LogP contribution is 2.26. The number of rotatable bonds is 6. The normalized spacial score (nSPS) is 12.4. The van der Waals surface area contributed by atoms with Gasteiger partial charge in [0.05, 0.1) is 6.33 Å². The van der Waals surface area contributed by atoms with Crippen LogP contribution in [0.5, 0.6) is 0 Å². The van der Waals surface area contributed by atoms with Crippen molar-refractivity contribution in [2.45, 2.75) is 39.2 Å². The Morgan fingerprint density at radius 3 is 2.70 bits per heavy atom. The first-order chi connectivity index (χ1) is 12.8. The van der Waals surface area contributed by atoms with E-state index in [-0.39, 0.29) is 23.6 Å². The van der Waals surface area contributed by atoms with Crippen LogP contribution in [0.4, 0.5) is 5.13 Å². The Kier molecular flexibility index (Phi) is 5.22. The van der Waals surface area contributed by atoms with Crippen molar-refractivity contribution in [1.29, 1.82) is 0 Å². The molecule has 27 heavy (non-hydrogen) atoms. The maximum absolute atomic E-state index is 12.4. The van der Waals surface area contributed by atoms with Crippen molar-refractivity contribution in [1.82, 2.24) is 28.9 Å². The van der Waals surface area contributed by atoms with Gasteiger partial charge in [-0.1, -0.05) is 31.6 Å². The molecule has 0 bridgehead atoms. The van der Waals surface area contributed by atoms with Gasteiger partial charge in [-0.05, 0) is 6.42 Å². The molecule has 1 N–H and O–H groups in total. The van der Waals surface area contributed by atoms with Gasteiger partial charge in [-0.3, -0.25) is 24.0 Å². The maximum atomic E-state index is 12.4. The zero-order valence-corrected chi connectivity index (χ0v) is 16.4. The molecule has 0 aliphatic heterocycles. The lowest BCUT2D eigenvalue weighted by atomic mass is 10.1. The third kappa shape index (κ3) is 3.54. The van der Waals surface area contributed by atoms with Gasteiger partial charge in [0.2, 0.25) is 11.0 Å². The summed E-state index contributed by atoms with van der Waals surface area (Å²) in [6, 6.07) is 0. The number of carbonyl (C=O) groups is 1. The lowest BCUT2D eigenvalue weighted by molar-refractivity contribution is -0.116. The number of nitrogens with one attached hydrogen (secondary N) is 1. The van der Waals surface area contributed by atoms with Crippen LogP contribution in [0.1, 0.15) is 37.6 Å². The number of amides is 1. The molecule has 0 saturated heterocycles. The summed E-state index contributed by atoms with van der Waals surface area (Å²) < 4.78 is 3.69. The molecule has 0 aromatic carbocycles. The van der Waals surface area contributed by atoms with Gasteiger partial charge < -0.3 is 4.57 Å². The molecule has 10 nitrogen and oxygen atoms in total. The highest BCUT2D eigenvalue weighted by molar-refractivity contribution is 7.15. The van der Waals surface area contributed by atoms with E-state index in [0.29, 0.717) is 11.0 Å². The number of hydrogen-bond acceptors (Lipinski definition) is 7. The van der Waals surface area contributed by atoms with Crippen LogP contribution in [0.25, 0.3) is 11.2 Å². The third-order valence-corrected chi connectivity index (χ3v) is 5.43. The molecule has 0 saturated carbocycles. The average molecular weight is 391 g/mol. The van der Waals surface area contributed by atoms with E-state index in [1.165, 1.54) is 40.9 Å². The molecule has 3 rings (SSSR count). The minimum atomic E-state index is -0.495. The Morgan fingerprint density at radius 1 is 1.26 bits per heavy atom. The minimum absolute atomic E-state index is 0.122. The molecule has 1 unspecified atom stereocenters. The molecule has 144 valence electrons. The second-order valence-corrected chi connectivity index (χ2v) is 7.44. The monoisotopic (exact) mass is 391 g/mol. The smallest absolute Gasteiger partial charge is 0.315 e. The minimum Gasteiger partial charge on any atom is -0.315 e. The Hall–Kier alpha value is -2.82. The molecule has 0 aliphatic carbocycles. The number of fused-ring (bicyclic) bond motifs is 1. The number of aromatic nitrogens is 6. The van der Waals surface area contributed by atoms with Crippen LogP contribution in [-0.2, 0) is 25.4 Å². The van der Waals surface area contributed by atoms with Crippen molar-refractivity contribution in [3.05, 3.63) is 32.2 Å². The summed E-state index contributed by atoms with van der Waals surface area (Å²) in [6.07, 6.45) is 3.43. The molecular weight excluding hydrogens is 370 g/mol. The first kappa shape index (κ1) is 19.0. The molecule has 0 aliphatic rings. The Morgan fingerprint density at radius 2 is 2.00 bits per heavy atom. The van der Waals surface area contributed by atoms with Crippen molar-refractivity contribution in [3.8, 4) is 0 Å². The van der Waals surface area contributed by atoms with E-state index >= 15 is 0 Å². The van der Waals surface area contributed by atoms with E-state index in [4.69, 9.17) is 0 Å².